The van der Waals surface area contributed by atoms with E-state index < -0.39 is 49.1 Å². The Hall–Kier alpha value is -0.729. The number of hydrogen-bond donors (Lipinski definition) is 1. The monoisotopic (exact) mass is 802 g/mol. The molecule has 1 amide bonds. The number of carbonyl (C=O) groups excluding carboxylic acids is 1. The molecule has 11 heteroatoms. The molecule has 0 aliphatic heterocycles. The predicted molar refractivity (Wildman–Crippen MR) is 223 cm³/mol. The normalized spacial score (nSPS) is 29.3. The summed E-state index contributed by atoms with van der Waals surface area (Å²) in [6, 6.07) is 0. The molecule has 1 N–H and O–H groups in total. The fourth-order valence-electron chi connectivity index (χ4n) is 8.92. The Labute approximate surface area is 325 Å². The second kappa shape index (κ2) is 16.6. The number of carbonyl (C=O) groups is 1. The van der Waals surface area contributed by atoms with Crippen LogP contribution in [0.25, 0.3) is 0 Å². The SMILES string of the molecule is C[C@H](CNC(=O)C[C@@](C)(O[Si](C)(C)C)C(F)(F)F)[C@H]1CCC[C@H]2/C(=C/C=C3C[C@@H](O[Si](C)(C)C(C)(C)C)C[C@H](O[Si](C)(C)C(C)(C)C)C3)CCC[C@]12C. The molecule has 3 aliphatic carbocycles. The zero-order valence-corrected chi connectivity index (χ0v) is 39.6. The summed E-state index contributed by atoms with van der Waals surface area (Å²) in [6.07, 6.45) is 9.40. The van der Waals surface area contributed by atoms with Gasteiger partial charge in [0.15, 0.2) is 30.6 Å². The Morgan fingerprint density at radius 2 is 1.40 bits per heavy atom. The predicted octanol–water partition coefficient (Wildman–Crippen LogP) is 12.7. The summed E-state index contributed by atoms with van der Waals surface area (Å²) in [5.41, 5.74) is 0.555. The van der Waals surface area contributed by atoms with E-state index in [1.165, 1.54) is 11.1 Å². The van der Waals surface area contributed by atoms with Crippen LogP contribution in [0.3, 0.4) is 0 Å². The molecular formula is C42H78F3NO4Si3. The number of rotatable bonds is 12. The molecule has 7 atom stereocenters. The zero-order valence-electron chi connectivity index (χ0n) is 36.6. The van der Waals surface area contributed by atoms with E-state index >= 15 is 0 Å². The fraction of sp³-hybridized carbons (Fsp3) is 0.881. The number of amides is 1. The molecule has 0 unspecified atom stereocenters. The number of alkyl halides is 3. The van der Waals surface area contributed by atoms with E-state index in [1.54, 1.807) is 19.6 Å². The van der Waals surface area contributed by atoms with Crippen molar-refractivity contribution in [3.8, 4) is 0 Å². The summed E-state index contributed by atoms with van der Waals surface area (Å²) in [6.45, 7) is 34.5. The van der Waals surface area contributed by atoms with Crippen molar-refractivity contribution in [1.29, 1.82) is 0 Å². The second-order valence-electron chi connectivity index (χ2n) is 21.6. The number of fused-ring (bicyclic) bond motifs is 1. The van der Waals surface area contributed by atoms with Crippen LogP contribution < -0.4 is 5.32 Å². The molecule has 3 rings (SSSR count). The Balaban J connectivity index is 1.80. The minimum atomic E-state index is -4.63. The van der Waals surface area contributed by atoms with Crippen LogP contribution in [0.2, 0.25) is 55.9 Å². The molecule has 0 aromatic heterocycles. The lowest BCUT2D eigenvalue weighted by Gasteiger charge is -2.53. The maximum absolute atomic E-state index is 14.1. The lowest BCUT2D eigenvalue weighted by atomic mass is 9.52. The van der Waals surface area contributed by atoms with Crippen LogP contribution in [-0.2, 0) is 18.1 Å². The van der Waals surface area contributed by atoms with Crippen LogP contribution in [0.5, 0.6) is 0 Å². The summed E-state index contributed by atoms with van der Waals surface area (Å²) in [4.78, 5) is 13.0. The lowest BCUT2D eigenvalue weighted by Crippen LogP contribution is -2.53. The van der Waals surface area contributed by atoms with E-state index in [1.807, 2.05) is 0 Å². The molecule has 0 aromatic carbocycles. The van der Waals surface area contributed by atoms with Crippen molar-refractivity contribution in [2.45, 2.75) is 206 Å². The largest absolute Gasteiger partial charge is 0.416 e. The van der Waals surface area contributed by atoms with Gasteiger partial charge in [-0.15, -0.1) is 0 Å². The smallest absolute Gasteiger partial charge is 0.414 e. The first kappa shape index (κ1) is 46.7. The van der Waals surface area contributed by atoms with Crippen LogP contribution in [0, 0.1) is 23.2 Å². The van der Waals surface area contributed by atoms with Crippen molar-refractivity contribution in [3.63, 3.8) is 0 Å². The molecule has 0 aromatic rings. The van der Waals surface area contributed by atoms with Gasteiger partial charge in [-0.3, -0.25) is 4.79 Å². The van der Waals surface area contributed by atoms with Gasteiger partial charge >= 0.3 is 6.18 Å². The van der Waals surface area contributed by atoms with Gasteiger partial charge in [-0.25, -0.2) is 0 Å². The highest BCUT2D eigenvalue weighted by Crippen LogP contribution is 2.57. The minimum absolute atomic E-state index is 0.0843. The number of hydrogen-bond acceptors (Lipinski definition) is 4. The van der Waals surface area contributed by atoms with E-state index in [9.17, 15) is 18.0 Å². The van der Waals surface area contributed by atoms with Crippen molar-refractivity contribution >= 4 is 30.9 Å². The molecule has 0 spiro atoms. The van der Waals surface area contributed by atoms with Crippen LogP contribution in [-0.4, -0.2) is 61.4 Å². The van der Waals surface area contributed by atoms with Crippen LogP contribution >= 0.6 is 0 Å². The molecule has 53 heavy (non-hydrogen) atoms. The zero-order chi connectivity index (χ0) is 40.6. The molecule has 3 fully saturated rings. The first-order valence-electron chi connectivity index (χ1n) is 20.6. The maximum Gasteiger partial charge on any atom is 0.416 e. The summed E-state index contributed by atoms with van der Waals surface area (Å²) in [5.74, 6) is 0.400. The van der Waals surface area contributed by atoms with E-state index in [0.717, 1.165) is 64.7 Å². The Bertz CT molecular complexity index is 1290. The average Bonchev–Trinajstić information content (AvgIpc) is 2.95. The van der Waals surface area contributed by atoms with E-state index in [0.29, 0.717) is 18.4 Å². The molecule has 0 heterocycles. The van der Waals surface area contributed by atoms with Crippen molar-refractivity contribution in [1.82, 2.24) is 5.32 Å². The van der Waals surface area contributed by atoms with Gasteiger partial charge in [0.25, 0.3) is 0 Å². The highest BCUT2D eigenvalue weighted by Gasteiger charge is 2.55. The summed E-state index contributed by atoms with van der Waals surface area (Å²) >= 11 is 0. The first-order chi connectivity index (χ1) is 23.8. The number of halogens is 3. The average molecular weight is 802 g/mol. The van der Waals surface area contributed by atoms with E-state index in [-0.39, 0.29) is 33.6 Å². The van der Waals surface area contributed by atoms with Crippen molar-refractivity contribution < 1.29 is 31.2 Å². The van der Waals surface area contributed by atoms with Gasteiger partial charge in [0.05, 0.1) is 18.6 Å². The van der Waals surface area contributed by atoms with Gasteiger partial charge in [-0.05, 0) is 137 Å². The van der Waals surface area contributed by atoms with Gasteiger partial charge < -0.3 is 18.6 Å². The van der Waals surface area contributed by atoms with Crippen molar-refractivity contribution in [3.05, 3.63) is 23.3 Å². The minimum Gasteiger partial charge on any atom is -0.414 e. The molecule has 3 saturated carbocycles. The lowest BCUT2D eigenvalue weighted by molar-refractivity contribution is -0.246. The van der Waals surface area contributed by atoms with Crippen LogP contribution in [0.4, 0.5) is 13.2 Å². The molecule has 0 radical (unpaired) electrons. The highest BCUT2D eigenvalue weighted by atomic mass is 28.4. The Morgan fingerprint density at radius 3 is 1.87 bits per heavy atom. The maximum atomic E-state index is 14.1. The fourth-order valence-corrected chi connectivity index (χ4v) is 13.2. The number of allylic oxidation sites excluding steroid dienone is 3. The van der Waals surface area contributed by atoms with Gasteiger partial charge in [-0.1, -0.05) is 85.1 Å². The third-order valence-corrected chi connectivity index (χ3v) is 23.9. The third-order valence-electron chi connectivity index (χ3n) is 13.8. The van der Waals surface area contributed by atoms with Gasteiger partial charge in [0, 0.05) is 6.54 Å². The first-order valence-corrected chi connectivity index (χ1v) is 29.8. The third kappa shape index (κ3) is 11.9. The van der Waals surface area contributed by atoms with Crippen molar-refractivity contribution in [2.75, 3.05) is 6.54 Å². The molecular weight excluding hydrogens is 724 g/mol. The molecule has 308 valence electrons. The van der Waals surface area contributed by atoms with E-state index in [2.05, 4.69) is 99.0 Å². The summed E-state index contributed by atoms with van der Waals surface area (Å²) in [7, 11) is -6.49. The quantitative estimate of drug-likeness (QED) is 0.200. The Kier molecular flexibility index (Phi) is 14.6. The number of nitrogens with one attached hydrogen (secondary N) is 1. The summed E-state index contributed by atoms with van der Waals surface area (Å²) < 4.78 is 62.0. The van der Waals surface area contributed by atoms with Crippen LogP contribution in [0.15, 0.2) is 23.3 Å². The molecule has 3 aliphatic rings. The Morgan fingerprint density at radius 1 is 0.868 bits per heavy atom. The topological polar surface area (TPSA) is 56.8 Å². The van der Waals surface area contributed by atoms with Crippen LogP contribution in [0.1, 0.15) is 127 Å². The second-order valence-corrected chi connectivity index (χ2v) is 35.5. The molecule has 5 nitrogen and oxygen atoms in total. The van der Waals surface area contributed by atoms with Gasteiger partial charge in [-0.2, -0.15) is 13.2 Å². The standard InChI is InChI=1S/C42H78F3NO4Si3/c1-30(29-46-37(47)28-41(9,42(43,44)45)50-51(10,11)12)35-20-17-21-36-32(19-18-24-40(35,36)8)23-22-31-25-33(48-52(13,14)38(2,3)4)27-34(26-31)49-53(15,16)39(5,6)7/h22-23,30,33-36H,17-21,24-29H2,1-16H3,(H,46,47)/b32-23+/t30-,33-,34-,35-,36+,40-,41-/m1/s1. The summed E-state index contributed by atoms with van der Waals surface area (Å²) in [5, 5.41) is 3.18. The van der Waals surface area contributed by atoms with Crippen molar-refractivity contribution in [2.24, 2.45) is 23.2 Å². The van der Waals surface area contributed by atoms with Gasteiger partial charge in [0.2, 0.25) is 5.91 Å². The highest BCUT2D eigenvalue weighted by molar-refractivity contribution is 6.74. The van der Waals surface area contributed by atoms with E-state index in [4.69, 9.17) is 13.3 Å². The molecule has 0 bridgehead atoms. The molecule has 0 saturated heterocycles. The van der Waals surface area contributed by atoms with Gasteiger partial charge in [0.1, 0.15) is 0 Å².